The topological polar surface area (TPSA) is 92.4 Å². The zero-order valence-electron chi connectivity index (χ0n) is 19.0. The van der Waals surface area contributed by atoms with E-state index in [0.717, 1.165) is 0 Å². The number of aliphatic hydroxyl groups excluding tert-OH is 1. The molecule has 1 aromatic heterocycles. The van der Waals surface area contributed by atoms with Crippen LogP contribution in [-0.2, 0) is 4.79 Å². The lowest BCUT2D eigenvalue weighted by Crippen LogP contribution is -2.36. The molecule has 1 N–H and O–H groups in total. The zero-order chi connectivity index (χ0) is 23.7. The van der Waals surface area contributed by atoms with Gasteiger partial charge in [0.2, 0.25) is 5.78 Å². The van der Waals surface area contributed by atoms with Crippen LogP contribution in [0.1, 0.15) is 22.2 Å². The smallest absolute Gasteiger partial charge is 0.290 e. The number of hydrogen-bond donors (Lipinski definition) is 1. The van der Waals surface area contributed by atoms with Crippen molar-refractivity contribution in [3.63, 3.8) is 0 Å². The highest BCUT2D eigenvalue weighted by molar-refractivity contribution is 6.16. The van der Waals surface area contributed by atoms with Gasteiger partial charge in [-0.1, -0.05) is 24.3 Å². The number of para-hydroxylation sites is 1. The molecule has 1 aliphatic heterocycles. The third-order valence-electron chi connectivity index (χ3n) is 5.72. The summed E-state index contributed by atoms with van der Waals surface area (Å²) in [6, 6.07) is 13.3. The van der Waals surface area contributed by atoms with Crippen molar-refractivity contribution in [2.45, 2.75) is 6.04 Å². The third kappa shape index (κ3) is 4.05. The van der Waals surface area contributed by atoms with Crippen molar-refractivity contribution in [1.29, 1.82) is 0 Å². The van der Waals surface area contributed by atoms with Gasteiger partial charge in [0.25, 0.3) is 5.91 Å². The van der Waals surface area contributed by atoms with Gasteiger partial charge in [-0.3, -0.25) is 9.59 Å². The number of rotatable bonds is 8. The number of furan rings is 1. The molecular formula is C25H26N2O6. The minimum atomic E-state index is -0.758. The summed E-state index contributed by atoms with van der Waals surface area (Å²) >= 11 is 0. The van der Waals surface area contributed by atoms with E-state index < -0.39 is 23.5 Å². The van der Waals surface area contributed by atoms with Crippen LogP contribution in [0.5, 0.6) is 11.5 Å². The maximum atomic E-state index is 13.6. The van der Waals surface area contributed by atoms with E-state index in [0.29, 0.717) is 41.1 Å². The molecule has 4 rings (SSSR count). The van der Waals surface area contributed by atoms with Crippen molar-refractivity contribution in [2.75, 3.05) is 41.4 Å². The van der Waals surface area contributed by atoms with Crippen molar-refractivity contribution < 1.29 is 28.6 Å². The molecule has 3 aromatic rings. The summed E-state index contributed by atoms with van der Waals surface area (Å²) in [7, 11) is 6.87. The molecule has 0 saturated carbocycles. The van der Waals surface area contributed by atoms with E-state index in [2.05, 4.69) is 0 Å². The van der Waals surface area contributed by atoms with Crippen LogP contribution < -0.4 is 9.47 Å². The van der Waals surface area contributed by atoms with E-state index in [1.54, 1.807) is 55.6 Å². The van der Waals surface area contributed by atoms with Crippen LogP contribution in [-0.4, -0.2) is 68.0 Å². The molecule has 172 valence electrons. The first-order valence-electron chi connectivity index (χ1n) is 10.5. The van der Waals surface area contributed by atoms with E-state index >= 15 is 0 Å². The average molecular weight is 450 g/mol. The van der Waals surface area contributed by atoms with Gasteiger partial charge in [-0.25, -0.2) is 0 Å². The first-order chi connectivity index (χ1) is 15.8. The van der Waals surface area contributed by atoms with Crippen molar-refractivity contribution >= 4 is 22.7 Å². The number of carbonyl (C=O) groups is 2. The lowest BCUT2D eigenvalue weighted by Gasteiger charge is -2.28. The molecule has 0 radical (unpaired) electrons. The summed E-state index contributed by atoms with van der Waals surface area (Å²) in [5.74, 6) is -0.536. The first-order valence-corrected chi connectivity index (χ1v) is 10.5. The van der Waals surface area contributed by atoms with Crippen LogP contribution in [0.4, 0.5) is 0 Å². The molecule has 33 heavy (non-hydrogen) atoms. The Kier molecular flexibility index (Phi) is 6.11. The van der Waals surface area contributed by atoms with E-state index in [9.17, 15) is 14.7 Å². The predicted molar refractivity (Wildman–Crippen MR) is 123 cm³/mol. The molecule has 0 saturated heterocycles. The molecule has 1 aliphatic rings. The number of nitrogens with zero attached hydrogens (tertiary/aromatic N) is 2. The van der Waals surface area contributed by atoms with Gasteiger partial charge in [0.05, 0.1) is 25.8 Å². The first kappa shape index (κ1) is 22.4. The second kappa shape index (κ2) is 8.99. The number of amides is 1. The molecule has 2 heterocycles. The number of methoxy groups -OCH3 is 2. The van der Waals surface area contributed by atoms with Crippen molar-refractivity contribution in [3.05, 3.63) is 71.2 Å². The largest absolute Gasteiger partial charge is 0.503 e. The van der Waals surface area contributed by atoms with E-state index in [-0.39, 0.29) is 11.3 Å². The lowest BCUT2D eigenvalue weighted by molar-refractivity contribution is -0.129. The molecular weight excluding hydrogens is 424 g/mol. The monoisotopic (exact) mass is 450 g/mol. The number of benzene rings is 2. The molecule has 0 spiro atoms. The molecule has 0 unspecified atom stereocenters. The predicted octanol–water partition coefficient (Wildman–Crippen LogP) is 3.59. The normalized spacial score (nSPS) is 16.2. The Labute approximate surface area is 191 Å². The molecule has 0 bridgehead atoms. The van der Waals surface area contributed by atoms with Crippen molar-refractivity contribution in [1.82, 2.24) is 9.80 Å². The van der Waals surface area contributed by atoms with Gasteiger partial charge in [-0.05, 0) is 43.9 Å². The van der Waals surface area contributed by atoms with E-state index in [1.807, 2.05) is 19.0 Å². The number of carbonyl (C=O) groups excluding carboxylic acids is 2. The van der Waals surface area contributed by atoms with Gasteiger partial charge < -0.3 is 28.8 Å². The minimum absolute atomic E-state index is 0.0121. The fourth-order valence-corrected chi connectivity index (χ4v) is 4.00. The van der Waals surface area contributed by atoms with Crippen LogP contribution in [0.2, 0.25) is 0 Å². The van der Waals surface area contributed by atoms with Gasteiger partial charge in [0.1, 0.15) is 5.75 Å². The lowest BCUT2D eigenvalue weighted by atomic mass is 9.95. The number of hydrogen-bond acceptors (Lipinski definition) is 7. The van der Waals surface area contributed by atoms with Crippen LogP contribution in [0.25, 0.3) is 11.0 Å². The molecule has 1 atom stereocenters. The van der Waals surface area contributed by atoms with Crippen molar-refractivity contribution in [2.24, 2.45) is 0 Å². The number of ketones is 1. The number of Topliss-reactive ketones (excluding diaryl/α,β-unsaturated/α-hetero) is 1. The maximum absolute atomic E-state index is 13.6. The van der Waals surface area contributed by atoms with Crippen molar-refractivity contribution in [3.8, 4) is 11.5 Å². The molecule has 0 fully saturated rings. The van der Waals surface area contributed by atoms with Gasteiger partial charge in [-0.15, -0.1) is 0 Å². The maximum Gasteiger partial charge on any atom is 0.290 e. The van der Waals surface area contributed by atoms with Gasteiger partial charge in [-0.2, -0.15) is 0 Å². The third-order valence-corrected chi connectivity index (χ3v) is 5.72. The summed E-state index contributed by atoms with van der Waals surface area (Å²) in [6.07, 6.45) is 0. The summed E-state index contributed by atoms with van der Waals surface area (Å²) < 4.78 is 16.4. The minimum Gasteiger partial charge on any atom is -0.503 e. The molecule has 2 aromatic carbocycles. The summed E-state index contributed by atoms with van der Waals surface area (Å²) in [5, 5.41) is 11.5. The molecule has 1 amide bonds. The standard InChI is InChI=1S/C25H26N2O6/c1-26(2)12-13-27-21(15-8-10-17(31-3)11-9-15)20(23(29)25(27)30)22(28)19-14-16-6-5-7-18(32-4)24(16)33-19/h5-11,14,21,29H,12-13H2,1-4H3/t21-/m1/s1. The van der Waals surface area contributed by atoms with Crippen LogP contribution in [0.15, 0.2) is 64.3 Å². The zero-order valence-corrected chi connectivity index (χ0v) is 19.0. The summed E-state index contributed by atoms with van der Waals surface area (Å²) in [6.45, 7) is 0.895. The highest BCUT2D eigenvalue weighted by Crippen LogP contribution is 2.40. The van der Waals surface area contributed by atoms with Gasteiger partial charge >= 0.3 is 0 Å². The van der Waals surface area contributed by atoms with Crippen LogP contribution in [0.3, 0.4) is 0 Å². The Morgan fingerprint density at radius 2 is 1.85 bits per heavy atom. The van der Waals surface area contributed by atoms with E-state index in [1.165, 1.54) is 12.0 Å². The second-order valence-corrected chi connectivity index (χ2v) is 8.06. The Hall–Kier alpha value is -3.78. The quantitative estimate of drug-likeness (QED) is 0.524. The Morgan fingerprint density at radius 1 is 1.12 bits per heavy atom. The Balaban J connectivity index is 1.79. The average Bonchev–Trinajstić information content (AvgIpc) is 3.36. The fourth-order valence-electron chi connectivity index (χ4n) is 4.00. The number of aliphatic hydroxyl groups is 1. The number of likely N-dealkylation sites (N-methyl/N-ethyl adjacent to an activating group) is 1. The molecule has 0 aliphatic carbocycles. The Morgan fingerprint density at radius 3 is 2.48 bits per heavy atom. The molecule has 8 heteroatoms. The summed E-state index contributed by atoms with van der Waals surface area (Å²) in [5.41, 5.74) is 1.10. The Bertz CT molecular complexity index is 1230. The van der Waals surface area contributed by atoms with Gasteiger partial charge in [0, 0.05) is 18.5 Å². The highest BCUT2D eigenvalue weighted by Gasteiger charge is 2.44. The summed E-state index contributed by atoms with van der Waals surface area (Å²) in [4.78, 5) is 30.1. The van der Waals surface area contributed by atoms with Crippen LogP contribution in [0, 0.1) is 0 Å². The SMILES string of the molecule is COc1ccc([C@@H]2C(C(=O)c3cc4cccc(OC)c4o3)=C(O)C(=O)N2CCN(C)C)cc1. The number of ether oxygens (including phenoxy) is 2. The second-order valence-electron chi connectivity index (χ2n) is 8.06. The van der Waals surface area contributed by atoms with Gasteiger partial charge in [0.15, 0.2) is 22.9 Å². The van der Waals surface area contributed by atoms with E-state index in [4.69, 9.17) is 13.9 Å². The molecule has 8 nitrogen and oxygen atoms in total. The fraction of sp³-hybridized carbons (Fsp3) is 0.280. The highest BCUT2D eigenvalue weighted by atomic mass is 16.5. The number of fused-ring (bicyclic) bond motifs is 1. The van der Waals surface area contributed by atoms with Crippen LogP contribution >= 0.6 is 0 Å².